The van der Waals surface area contributed by atoms with E-state index in [1.165, 1.54) is 0 Å². The van der Waals surface area contributed by atoms with E-state index in [1.807, 2.05) is 11.9 Å². The van der Waals surface area contributed by atoms with E-state index in [9.17, 15) is 19.7 Å². The monoisotopic (exact) mass is 291 g/mol. The molecule has 110 valence electrons. The van der Waals surface area contributed by atoms with Crippen LogP contribution in [0.25, 0.3) is 0 Å². The Morgan fingerprint density at radius 3 is 2.90 bits per heavy atom. The van der Waals surface area contributed by atoms with Gasteiger partial charge in [-0.05, 0) is 24.6 Å². The van der Waals surface area contributed by atoms with Crippen LogP contribution in [0.2, 0.25) is 0 Å². The summed E-state index contributed by atoms with van der Waals surface area (Å²) in [6.45, 7) is 2.71. The van der Waals surface area contributed by atoms with Gasteiger partial charge in [0.1, 0.15) is 5.82 Å². The van der Waals surface area contributed by atoms with Crippen LogP contribution in [0.5, 0.6) is 0 Å². The summed E-state index contributed by atoms with van der Waals surface area (Å²) in [5.74, 6) is 0.641. The number of nitrogens with one attached hydrogen (secondary N) is 2. The molecular weight excluding hydrogens is 278 g/mol. The maximum Gasteiger partial charge on any atom is 0.350 e. The van der Waals surface area contributed by atoms with Crippen LogP contribution in [-0.4, -0.2) is 26.0 Å². The molecule has 0 bridgehead atoms. The highest BCUT2D eigenvalue weighted by Crippen LogP contribution is 2.08. The van der Waals surface area contributed by atoms with Crippen molar-refractivity contribution in [1.29, 1.82) is 0 Å². The molecule has 0 aromatic carbocycles. The van der Waals surface area contributed by atoms with Gasteiger partial charge in [-0.1, -0.05) is 0 Å². The van der Waals surface area contributed by atoms with Crippen LogP contribution in [0, 0.1) is 10.1 Å². The predicted octanol–water partition coefficient (Wildman–Crippen LogP) is 0.320. The molecule has 2 heterocycles. The molecule has 0 radical (unpaired) electrons. The highest BCUT2D eigenvalue weighted by molar-refractivity contribution is 5.37. The van der Waals surface area contributed by atoms with Crippen molar-refractivity contribution in [3.05, 3.63) is 61.0 Å². The van der Waals surface area contributed by atoms with Gasteiger partial charge in [0.05, 0.1) is 17.7 Å². The first-order valence-corrected chi connectivity index (χ1v) is 6.18. The Labute approximate surface area is 118 Å². The molecule has 0 aliphatic carbocycles. The second-order valence-corrected chi connectivity index (χ2v) is 4.24. The lowest BCUT2D eigenvalue weighted by atomic mass is 10.2. The third kappa shape index (κ3) is 3.32. The number of hydrogen-bond donors (Lipinski definition) is 2. The van der Waals surface area contributed by atoms with Crippen molar-refractivity contribution in [2.75, 3.05) is 11.9 Å². The fraction of sp³-hybridized carbons (Fsp3) is 0.250. The molecule has 0 saturated heterocycles. The molecule has 0 spiro atoms. The van der Waals surface area contributed by atoms with Crippen molar-refractivity contribution >= 4 is 11.5 Å². The van der Waals surface area contributed by atoms with Gasteiger partial charge in [0.2, 0.25) is 0 Å². The average Bonchev–Trinajstić information content (AvgIpc) is 2.42. The molecule has 2 rings (SSSR count). The highest BCUT2D eigenvalue weighted by Gasteiger charge is 2.15. The van der Waals surface area contributed by atoms with Gasteiger partial charge < -0.3 is 5.32 Å². The van der Waals surface area contributed by atoms with Gasteiger partial charge in [-0.3, -0.25) is 24.5 Å². The molecular formula is C12H13N5O4. The number of anilines is 1. The lowest BCUT2D eigenvalue weighted by molar-refractivity contribution is -0.386. The zero-order valence-electron chi connectivity index (χ0n) is 11.2. The maximum atomic E-state index is 11.7. The first-order chi connectivity index (χ1) is 10.0. The molecule has 9 heteroatoms. The molecule has 0 fully saturated rings. The fourth-order valence-corrected chi connectivity index (χ4v) is 1.79. The van der Waals surface area contributed by atoms with Crippen LogP contribution in [0.4, 0.5) is 11.5 Å². The first-order valence-electron chi connectivity index (χ1n) is 6.18. The van der Waals surface area contributed by atoms with Gasteiger partial charge in [0, 0.05) is 12.7 Å². The molecule has 0 unspecified atom stereocenters. The molecule has 21 heavy (non-hydrogen) atoms. The molecule has 2 N–H and O–H groups in total. The van der Waals surface area contributed by atoms with Crippen molar-refractivity contribution in [1.82, 2.24) is 14.5 Å². The molecule has 2 aromatic heterocycles. The van der Waals surface area contributed by atoms with Crippen molar-refractivity contribution in [2.45, 2.75) is 13.5 Å². The number of nitrogens with zero attached hydrogens (tertiary/aromatic N) is 3. The molecule has 0 amide bonds. The van der Waals surface area contributed by atoms with Crippen molar-refractivity contribution in [3.63, 3.8) is 0 Å². The van der Waals surface area contributed by atoms with Gasteiger partial charge in [0.25, 0.3) is 0 Å². The van der Waals surface area contributed by atoms with Gasteiger partial charge in [0.15, 0.2) is 0 Å². The summed E-state index contributed by atoms with van der Waals surface area (Å²) in [6, 6.07) is 3.41. The van der Waals surface area contributed by atoms with E-state index in [0.29, 0.717) is 12.4 Å². The van der Waals surface area contributed by atoms with E-state index >= 15 is 0 Å². The molecule has 0 saturated carbocycles. The van der Waals surface area contributed by atoms with Crippen LogP contribution >= 0.6 is 0 Å². The average molecular weight is 291 g/mol. The van der Waals surface area contributed by atoms with E-state index in [1.54, 1.807) is 18.3 Å². The summed E-state index contributed by atoms with van der Waals surface area (Å²) < 4.78 is 1.07. The van der Waals surface area contributed by atoms with Crippen LogP contribution in [0.1, 0.15) is 12.5 Å². The van der Waals surface area contributed by atoms with Crippen molar-refractivity contribution < 1.29 is 4.92 Å². The number of hydrogen-bond acceptors (Lipinski definition) is 6. The van der Waals surface area contributed by atoms with E-state index in [-0.39, 0.29) is 6.54 Å². The Morgan fingerprint density at radius 1 is 1.48 bits per heavy atom. The van der Waals surface area contributed by atoms with E-state index in [0.717, 1.165) is 16.3 Å². The zero-order valence-corrected chi connectivity index (χ0v) is 11.2. The zero-order chi connectivity index (χ0) is 15.4. The number of H-pyrrole nitrogens is 1. The summed E-state index contributed by atoms with van der Waals surface area (Å²) in [5, 5.41) is 13.7. The summed E-state index contributed by atoms with van der Waals surface area (Å²) >= 11 is 0. The lowest BCUT2D eigenvalue weighted by Crippen LogP contribution is -2.31. The highest BCUT2D eigenvalue weighted by atomic mass is 16.6. The van der Waals surface area contributed by atoms with Crippen LogP contribution in [0.15, 0.2) is 34.1 Å². The third-order valence-electron chi connectivity index (χ3n) is 2.72. The molecule has 0 atom stereocenters. The normalized spacial score (nSPS) is 10.3. The minimum atomic E-state index is -1.01. The molecule has 0 aliphatic heterocycles. The number of rotatable bonds is 5. The number of aromatic nitrogens is 3. The van der Waals surface area contributed by atoms with Crippen LogP contribution in [-0.2, 0) is 6.54 Å². The summed E-state index contributed by atoms with van der Waals surface area (Å²) in [4.78, 5) is 38.9. The molecule has 9 nitrogen and oxygen atoms in total. The summed E-state index contributed by atoms with van der Waals surface area (Å²) in [7, 11) is 0. The van der Waals surface area contributed by atoms with Crippen molar-refractivity contribution in [2.24, 2.45) is 0 Å². The number of pyridine rings is 1. The van der Waals surface area contributed by atoms with Crippen LogP contribution in [0.3, 0.4) is 0 Å². The maximum absolute atomic E-state index is 11.7. The standard InChI is InChI=1S/C12H13N5O4/c1-2-13-10-5-8(3-4-14-10)6-16-7-9(17(20)21)11(18)15-12(16)19/h3-5,7H,2,6H2,1H3,(H,13,14)(H,15,18,19). The third-order valence-corrected chi connectivity index (χ3v) is 2.72. The Balaban J connectivity index is 2.37. The van der Waals surface area contributed by atoms with Crippen molar-refractivity contribution in [3.8, 4) is 0 Å². The Hall–Kier alpha value is -2.97. The lowest BCUT2D eigenvalue weighted by Gasteiger charge is -2.07. The first kappa shape index (κ1) is 14.4. The fourth-order valence-electron chi connectivity index (χ4n) is 1.79. The Morgan fingerprint density at radius 2 is 2.24 bits per heavy atom. The minimum absolute atomic E-state index is 0.0946. The quantitative estimate of drug-likeness (QED) is 0.604. The largest absolute Gasteiger partial charge is 0.370 e. The molecule has 2 aromatic rings. The SMILES string of the molecule is CCNc1cc(Cn2cc([N+](=O)[O-])c(=O)[nH]c2=O)ccn1. The van der Waals surface area contributed by atoms with E-state index in [4.69, 9.17) is 0 Å². The van der Waals surface area contributed by atoms with Gasteiger partial charge >= 0.3 is 16.9 Å². The summed E-state index contributed by atoms with van der Waals surface area (Å²) in [5.41, 5.74) is -1.66. The topological polar surface area (TPSA) is 123 Å². The molecule has 0 aliphatic rings. The Kier molecular flexibility index (Phi) is 4.12. The Bertz CT molecular complexity index is 780. The predicted molar refractivity (Wildman–Crippen MR) is 75.5 cm³/mol. The number of aromatic amines is 1. The smallest absolute Gasteiger partial charge is 0.350 e. The van der Waals surface area contributed by atoms with Gasteiger partial charge in [-0.15, -0.1) is 0 Å². The minimum Gasteiger partial charge on any atom is -0.370 e. The van der Waals surface area contributed by atoms with Gasteiger partial charge in [-0.2, -0.15) is 0 Å². The second-order valence-electron chi connectivity index (χ2n) is 4.24. The summed E-state index contributed by atoms with van der Waals surface area (Å²) in [6.07, 6.45) is 2.51. The second kappa shape index (κ2) is 5.99. The van der Waals surface area contributed by atoms with Gasteiger partial charge in [-0.25, -0.2) is 9.78 Å². The van der Waals surface area contributed by atoms with E-state index < -0.39 is 21.9 Å². The van der Waals surface area contributed by atoms with Crippen LogP contribution < -0.4 is 16.6 Å². The number of nitro groups is 1. The van der Waals surface area contributed by atoms with E-state index in [2.05, 4.69) is 10.3 Å².